The number of hydrogen-bond acceptors (Lipinski definition) is 5. The van der Waals surface area contributed by atoms with Crippen molar-refractivity contribution >= 4 is 52.9 Å². The van der Waals surface area contributed by atoms with Crippen LogP contribution in [0.5, 0.6) is 5.75 Å². The Labute approximate surface area is 267 Å². The highest BCUT2D eigenvalue weighted by Crippen LogP contribution is 2.43. The van der Waals surface area contributed by atoms with E-state index < -0.39 is 53.7 Å². The number of ether oxygens (including phenoxy) is 1. The van der Waals surface area contributed by atoms with Crippen molar-refractivity contribution in [2.24, 2.45) is 11.8 Å². The summed E-state index contributed by atoms with van der Waals surface area (Å²) in [5, 5.41) is 17.7. The highest BCUT2D eigenvalue weighted by atomic mass is 35.5. The maximum absolute atomic E-state index is 15.0. The second-order valence-corrected chi connectivity index (χ2v) is 11.3. The molecule has 14 heteroatoms. The minimum absolute atomic E-state index is 0.0625. The fourth-order valence-electron chi connectivity index (χ4n) is 5.10. The van der Waals surface area contributed by atoms with Crippen LogP contribution >= 0.6 is 23.2 Å². The minimum Gasteiger partial charge on any atom is -0.495 e. The molecule has 0 spiro atoms. The first-order chi connectivity index (χ1) is 21.2. The van der Waals surface area contributed by atoms with Crippen molar-refractivity contribution in [3.05, 3.63) is 87.7 Å². The smallest absolute Gasteiger partial charge is 0.391 e. The molecule has 0 aromatic heterocycles. The normalized spacial score (nSPS) is 19.9. The molecule has 3 aromatic carbocycles. The third-order valence-electron chi connectivity index (χ3n) is 7.50. The largest absolute Gasteiger partial charge is 0.495 e. The topological polar surface area (TPSA) is 117 Å². The number of anilines is 2. The van der Waals surface area contributed by atoms with Gasteiger partial charge < -0.3 is 25.8 Å². The molecular formula is C31H31Cl2F4N3O5. The Bertz CT molecular complexity index is 1520. The Morgan fingerprint density at radius 3 is 2.40 bits per heavy atom. The van der Waals surface area contributed by atoms with Gasteiger partial charge in [-0.05, 0) is 60.4 Å². The van der Waals surface area contributed by atoms with E-state index in [1.54, 1.807) is 31.2 Å². The number of carboxylic acids is 1. The molecule has 4 rings (SSSR count). The molecule has 0 saturated carbocycles. The highest BCUT2D eigenvalue weighted by Gasteiger charge is 2.48. The molecule has 8 nitrogen and oxygen atoms in total. The molecule has 0 radical (unpaired) electrons. The van der Waals surface area contributed by atoms with Gasteiger partial charge in [-0.25, -0.2) is 9.18 Å². The molecular weight excluding hydrogens is 641 g/mol. The van der Waals surface area contributed by atoms with Crippen molar-refractivity contribution in [1.82, 2.24) is 5.32 Å². The Morgan fingerprint density at radius 1 is 1.11 bits per heavy atom. The zero-order valence-electron chi connectivity index (χ0n) is 24.3. The summed E-state index contributed by atoms with van der Waals surface area (Å²) < 4.78 is 59.9. The number of hydrogen-bond donors (Lipinski definition) is 4. The van der Waals surface area contributed by atoms with Crippen LogP contribution in [-0.4, -0.2) is 48.8 Å². The monoisotopic (exact) mass is 671 g/mol. The van der Waals surface area contributed by atoms with Crippen molar-refractivity contribution in [3.8, 4) is 5.75 Å². The van der Waals surface area contributed by atoms with Crippen molar-refractivity contribution < 1.29 is 41.8 Å². The maximum Gasteiger partial charge on any atom is 0.391 e. The van der Waals surface area contributed by atoms with Gasteiger partial charge in [0.15, 0.2) is 0 Å². The van der Waals surface area contributed by atoms with E-state index in [0.29, 0.717) is 17.1 Å². The van der Waals surface area contributed by atoms with E-state index in [4.69, 9.17) is 33.0 Å². The zero-order valence-corrected chi connectivity index (χ0v) is 25.8. The standard InChI is InChI=1S/C24H25ClF4N2O4.C7H6ClNO/c1-11(24(27,28)29)9-17-12(2)19(14-5-4-6-15(25)20(14)26)21(30-17)22(32)31-16-8-7-13(23(33)34)10-18(16)35-3;8-6-2-1-3-7(4-6)9-5-10/h4-8,10-12,17,19,21,30H,9H2,1-3H3,(H,31,32)(H,33,34);1-5H,(H,9,10)/t11?,12?,17?,19?,21-;/m1./s1. The van der Waals surface area contributed by atoms with Gasteiger partial charge in [0.25, 0.3) is 0 Å². The number of halogens is 6. The number of nitrogens with one attached hydrogen (secondary N) is 3. The Kier molecular flexibility index (Phi) is 12.2. The summed E-state index contributed by atoms with van der Waals surface area (Å²) in [6.07, 6.45) is -4.10. The second kappa shape index (κ2) is 15.4. The molecule has 0 bridgehead atoms. The lowest BCUT2D eigenvalue weighted by Crippen LogP contribution is -2.42. The summed E-state index contributed by atoms with van der Waals surface area (Å²) in [5.74, 6) is -5.48. The van der Waals surface area contributed by atoms with Gasteiger partial charge in [-0.3, -0.25) is 9.59 Å². The minimum atomic E-state index is -4.42. The van der Waals surface area contributed by atoms with Gasteiger partial charge in [0.1, 0.15) is 11.6 Å². The van der Waals surface area contributed by atoms with Crippen molar-refractivity contribution in [1.29, 1.82) is 0 Å². The Hall–Kier alpha value is -3.87. The average Bonchev–Trinajstić information content (AvgIpc) is 3.30. The van der Waals surface area contributed by atoms with Crippen LogP contribution in [0.4, 0.5) is 28.9 Å². The van der Waals surface area contributed by atoms with Crippen molar-refractivity contribution in [3.63, 3.8) is 0 Å². The van der Waals surface area contributed by atoms with E-state index in [0.717, 1.165) is 6.92 Å². The van der Waals surface area contributed by atoms with E-state index in [1.165, 1.54) is 43.5 Å². The number of benzene rings is 3. The third-order valence-corrected chi connectivity index (χ3v) is 8.03. The number of carboxylic acid groups (broad SMARTS) is 1. The molecule has 45 heavy (non-hydrogen) atoms. The maximum atomic E-state index is 15.0. The van der Waals surface area contributed by atoms with E-state index in [9.17, 15) is 31.9 Å². The molecule has 5 atom stereocenters. The number of amides is 2. The number of alkyl halides is 3. The molecule has 1 aliphatic heterocycles. The van der Waals surface area contributed by atoms with Crippen LogP contribution in [0.1, 0.15) is 42.1 Å². The van der Waals surface area contributed by atoms with Gasteiger partial charge in [0.2, 0.25) is 12.3 Å². The zero-order chi connectivity index (χ0) is 33.5. The van der Waals surface area contributed by atoms with Crippen LogP contribution in [0, 0.1) is 17.7 Å². The first-order valence-electron chi connectivity index (χ1n) is 13.6. The first-order valence-corrected chi connectivity index (χ1v) is 14.4. The number of rotatable bonds is 9. The van der Waals surface area contributed by atoms with Gasteiger partial charge in [0, 0.05) is 22.7 Å². The predicted molar refractivity (Wildman–Crippen MR) is 164 cm³/mol. The van der Waals surface area contributed by atoms with Gasteiger partial charge in [-0.2, -0.15) is 13.2 Å². The fraction of sp³-hybridized carbons (Fsp3) is 0.323. The first kappa shape index (κ1) is 35.6. The number of carbonyl (C=O) groups excluding carboxylic acids is 2. The highest BCUT2D eigenvalue weighted by molar-refractivity contribution is 6.31. The molecule has 1 fully saturated rings. The molecule has 0 aliphatic carbocycles. The number of aromatic carboxylic acids is 1. The van der Waals surface area contributed by atoms with Gasteiger partial charge in [-0.15, -0.1) is 0 Å². The van der Waals surface area contributed by atoms with Gasteiger partial charge in [-0.1, -0.05) is 55.2 Å². The third kappa shape index (κ3) is 9.09. The molecule has 4 unspecified atom stereocenters. The number of methoxy groups -OCH3 is 1. The predicted octanol–water partition coefficient (Wildman–Crippen LogP) is 7.38. The van der Waals surface area contributed by atoms with E-state index in [2.05, 4.69) is 16.0 Å². The summed E-state index contributed by atoms with van der Waals surface area (Å²) in [5.41, 5.74) is 0.928. The summed E-state index contributed by atoms with van der Waals surface area (Å²) in [6, 6.07) is 13.3. The van der Waals surface area contributed by atoms with E-state index in [1.807, 2.05) is 0 Å². The molecule has 242 valence electrons. The fourth-order valence-corrected chi connectivity index (χ4v) is 5.47. The van der Waals surface area contributed by atoms with Crippen LogP contribution in [0.2, 0.25) is 10.0 Å². The van der Waals surface area contributed by atoms with Crippen LogP contribution in [0.15, 0.2) is 60.7 Å². The molecule has 4 N–H and O–H groups in total. The molecule has 2 amide bonds. The van der Waals surface area contributed by atoms with Crippen LogP contribution in [0.25, 0.3) is 0 Å². The van der Waals surface area contributed by atoms with Crippen LogP contribution < -0.4 is 20.7 Å². The second-order valence-electron chi connectivity index (χ2n) is 10.4. The van der Waals surface area contributed by atoms with Crippen LogP contribution in [0.3, 0.4) is 0 Å². The van der Waals surface area contributed by atoms with Gasteiger partial charge >= 0.3 is 12.1 Å². The lowest BCUT2D eigenvalue weighted by Gasteiger charge is -2.25. The number of carbonyl (C=O) groups is 3. The van der Waals surface area contributed by atoms with Crippen molar-refractivity contribution in [2.45, 2.75) is 44.4 Å². The lowest BCUT2D eigenvalue weighted by molar-refractivity contribution is -0.173. The molecule has 3 aromatic rings. The molecule has 1 heterocycles. The summed E-state index contributed by atoms with van der Waals surface area (Å²) in [6.45, 7) is 2.73. The van der Waals surface area contributed by atoms with E-state index >= 15 is 0 Å². The Balaban J connectivity index is 0.000000468. The summed E-state index contributed by atoms with van der Waals surface area (Å²) in [7, 11) is 1.30. The summed E-state index contributed by atoms with van der Waals surface area (Å²) >= 11 is 11.6. The van der Waals surface area contributed by atoms with Gasteiger partial charge in [0.05, 0.1) is 35.3 Å². The summed E-state index contributed by atoms with van der Waals surface area (Å²) in [4.78, 5) is 34.5. The SMILES string of the molecule is COc1cc(C(=O)O)ccc1NC(=O)[C@@H]1NC(CC(C)C(F)(F)F)C(C)C1c1cccc(Cl)c1F.O=CNc1cccc(Cl)c1. The van der Waals surface area contributed by atoms with Crippen LogP contribution in [-0.2, 0) is 9.59 Å². The lowest BCUT2D eigenvalue weighted by atomic mass is 9.80. The quantitative estimate of drug-likeness (QED) is 0.139. The molecule has 1 saturated heterocycles. The average molecular weight is 673 g/mol. The Morgan fingerprint density at radius 2 is 1.80 bits per heavy atom. The van der Waals surface area contributed by atoms with Crippen molar-refractivity contribution in [2.75, 3.05) is 17.7 Å². The molecule has 1 aliphatic rings. The van der Waals surface area contributed by atoms with E-state index in [-0.39, 0.29) is 34.0 Å².